The van der Waals surface area contributed by atoms with E-state index in [2.05, 4.69) is 18.3 Å². The van der Waals surface area contributed by atoms with E-state index in [4.69, 9.17) is 4.74 Å². The van der Waals surface area contributed by atoms with Gasteiger partial charge in [0.2, 0.25) is 0 Å². The standard InChI is InChI=1S/C10H19NO.C2H6/c1-3-4-7-12-10-6-5-9(2)11-8-10;1-2/h3-4,9-11H,5-8H2,1-2H3;1-2H3. The highest BCUT2D eigenvalue weighted by Gasteiger charge is 2.16. The molecule has 2 atom stereocenters. The Morgan fingerprint density at radius 2 is 2.07 bits per heavy atom. The van der Waals surface area contributed by atoms with Crippen molar-refractivity contribution in [1.82, 2.24) is 5.32 Å². The number of rotatable bonds is 3. The molecule has 1 heterocycles. The monoisotopic (exact) mass is 199 g/mol. The minimum Gasteiger partial charge on any atom is -0.373 e. The Balaban J connectivity index is 0.000000791. The molecule has 0 aromatic heterocycles. The molecule has 0 amide bonds. The van der Waals surface area contributed by atoms with Crippen LogP contribution in [0.3, 0.4) is 0 Å². The van der Waals surface area contributed by atoms with Crippen LogP contribution in [0.25, 0.3) is 0 Å². The Hall–Kier alpha value is -0.340. The lowest BCUT2D eigenvalue weighted by Crippen LogP contribution is -2.40. The molecule has 2 heteroatoms. The average molecular weight is 199 g/mol. The SMILES string of the molecule is CC.CC=CCOC1CCC(C)NC1. The quantitative estimate of drug-likeness (QED) is 0.706. The van der Waals surface area contributed by atoms with Crippen molar-refractivity contribution in [2.24, 2.45) is 0 Å². The highest BCUT2D eigenvalue weighted by molar-refractivity contribution is 4.79. The fourth-order valence-corrected chi connectivity index (χ4v) is 1.40. The van der Waals surface area contributed by atoms with Crippen LogP contribution < -0.4 is 5.32 Å². The number of piperidine rings is 1. The molecule has 0 aromatic rings. The van der Waals surface area contributed by atoms with E-state index in [-0.39, 0.29) is 0 Å². The van der Waals surface area contributed by atoms with Gasteiger partial charge in [-0.25, -0.2) is 0 Å². The van der Waals surface area contributed by atoms with E-state index >= 15 is 0 Å². The first-order valence-electron chi connectivity index (χ1n) is 5.79. The molecule has 14 heavy (non-hydrogen) atoms. The second-order valence-corrected chi connectivity index (χ2v) is 3.41. The van der Waals surface area contributed by atoms with E-state index in [0.717, 1.165) is 13.2 Å². The summed E-state index contributed by atoms with van der Waals surface area (Å²) in [5.74, 6) is 0. The second-order valence-electron chi connectivity index (χ2n) is 3.41. The number of hydrogen-bond donors (Lipinski definition) is 1. The zero-order valence-corrected chi connectivity index (χ0v) is 10.0. The van der Waals surface area contributed by atoms with Crippen molar-refractivity contribution < 1.29 is 4.74 Å². The third-order valence-electron chi connectivity index (χ3n) is 2.28. The number of ether oxygens (including phenoxy) is 1. The Morgan fingerprint density at radius 1 is 1.36 bits per heavy atom. The van der Waals surface area contributed by atoms with Crippen molar-refractivity contribution in [2.75, 3.05) is 13.2 Å². The fourth-order valence-electron chi connectivity index (χ4n) is 1.40. The van der Waals surface area contributed by atoms with Gasteiger partial charge in [-0.05, 0) is 26.7 Å². The van der Waals surface area contributed by atoms with E-state index in [0.29, 0.717) is 12.1 Å². The van der Waals surface area contributed by atoms with Gasteiger partial charge in [-0.2, -0.15) is 0 Å². The lowest BCUT2D eigenvalue weighted by atomic mass is 10.0. The topological polar surface area (TPSA) is 21.3 Å². The van der Waals surface area contributed by atoms with E-state index < -0.39 is 0 Å². The maximum Gasteiger partial charge on any atom is 0.0704 e. The van der Waals surface area contributed by atoms with Gasteiger partial charge in [0, 0.05) is 12.6 Å². The van der Waals surface area contributed by atoms with Crippen molar-refractivity contribution >= 4 is 0 Å². The van der Waals surface area contributed by atoms with Crippen molar-refractivity contribution in [3.05, 3.63) is 12.2 Å². The van der Waals surface area contributed by atoms with Crippen LogP contribution >= 0.6 is 0 Å². The van der Waals surface area contributed by atoms with E-state index in [1.807, 2.05) is 26.8 Å². The predicted octanol–water partition coefficient (Wildman–Crippen LogP) is 2.75. The highest BCUT2D eigenvalue weighted by Crippen LogP contribution is 2.10. The number of allylic oxidation sites excluding steroid dienone is 1. The number of hydrogen-bond acceptors (Lipinski definition) is 2. The van der Waals surface area contributed by atoms with Crippen LogP contribution in [0.5, 0.6) is 0 Å². The average Bonchev–Trinajstić information content (AvgIpc) is 2.24. The lowest BCUT2D eigenvalue weighted by Gasteiger charge is -2.27. The normalized spacial score (nSPS) is 27.1. The van der Waals surface area contributed by atoms with Crippen LogP contribution in [-0.2, 0) is 4.74 Å². The molecule has 0 radical (unpaired) electrons. The minimum atomic E-state index is 0.428. The van der Waals surface area contributed by atoms with Gasteiger partial charge in [0.1, 0.15) is 0 Å². The molecule has 2 unspecified atom stereocenters. The molecular weight excluding hydrogens is 174 g/mol. The molecule has 0 aliphatic carbocycles. The summed E-state index contributed by atoms with van der Waals surface area (Å²) in [6.07, 6.45) is 6.95. The van der Waals surface area contributed by atoms with Gasteiger partial charge in [-0.15, -0.1) is 0 Å². The van der Waals surface area contributed by atoms with Crippen molar-refractivity contribution in [3.8, 4) is 0 Å². The zero-order valence-electron chi connectivity index (χ0n) is 10.0. The second kappa shape index (κ2) is 9.22. The first-order valence-corrected chi connectivity index (χ1v) is 5.79. The molecule has 1 aliphatic heterocycles. The highest BCUT2D eigenvalue weighted by atomic mass is 16.5. The summed E-state index contributed by atoms with van der Waals surface area (Å²) in [6, 6.07) is 0.673. The molecule has 1 fully saturated rings. The largest absolute Gasteiger partial charge is 0.373 e. The summed E-state index contributed by atoms with van der Waals surface area (Å²) in [5, 5.41) is 3.41. The van der Waals surface area contributed by atoms with Crippen LogP contribution in [0.15, 0.2) is 12.2 Å². The third-order valence-corrected chi connectivity index (χ3v) is 2.28. The summed E-state index contributed by atoms with van der Waals surface area (Å²) >= 11 is 0. The lowest BCUT2D eigenvalue weighted by molar-refractivity contribution is 0.0486. The maximum absolute atomic E-state index is 5.62. The van der Waals surface area contributed by atoms with Crippen molar-refractivity contribution in [2.45, 2.75) is 52.7 Å². The molecule has 1 saturated heterocycles. The molecule has 0 spiro atoms. The van der Waals surface area contributed by atoms with Crippen LogP contribution in [0, 0.1) is 0 Å². The van der Waals surface area contributed by atoms with Gasteiger partial charge in [0.25, 0.3) is 0 Å². The Kier molecular flexibility index (Phi) is 9.00. The Bertz CT molecular complexity index is 137. The molecule has 1 aliphatic rings. The van der Waals surface area contributed by atoms with Crippen LogP contribution in [0.2, 0.25) is 0 Å². The molecule has 0 bridgehead atoms. The summed E-state index contributed by atoms with van der Waals surface area (Å²) < 4.78 is 5.62. The van der Waals surface area contributed by atoms with Crippen LogP contribution in [0.1, 0.15) is 40.5 Å². The van der Waals surface area contributed by atoms with Crippen LogP contribution in [-0.4, -0.2) is 25.3 Å². The van der Waals surface area contributed by atoms with Crippen molar-refractivity contribution in [1.29, 1.82) is 0 Å². The fraction of sp³-hybridized carbons (Fsp3) is 0.833. The van der Waals surface area contributed by atoms with Gasteiger partial charge >= 0.3 is 0 Å². The molecule has 0 aromatic carbocycles. The minimum absolute atomic E-state index is 0.428. The van der Waals surface area contributed by atoms with Gasteiger partial charge in [0.15, 0.2) is 0 Å². The van der Waals surface area contributed by atoms with Gasteiger partial charge < -0.3 is 10.1 Å². The summed E-state index contributed by atoms with van der Waals surface area (Å²) in [7, 11) is 0. The van der Waals surface area contributed by atoms with Gasteiger partial charge in [-0.1, -0.05) is 26.0 Å². The van der Waals surface area contributed by atoms with Crippen LogP contribution in [0.4, 0.5) is 0 Å². The van der Waals surface area contributed by atoms with E-state index in [9.17, 15) is 0 Å². The summed E-state index contributed by atoms with van der Waals surface area (Å²) in [5.41, 5.74) is 0. The molecule has 1 N–H and O–H groups in total. The van der Waals surface area contributed by atoms with Gasteiger partial charge in [0.05, 0.1) is 12.7 Å². The summed E-state index contributed by atoms with van der Waals surface area (Å²) in [4.78, 5) is 0. The van der Waals surface area contributed by atoms with E-state index in [1.54, 1.807) is 0 Å². The van der Waals surface area contributed by atoms with Gasteiger partial charge in [-0.3, -0.25) is 0 Å². The van der Waals surface area contributed by atoms with Crippen molar-refractivity contribution in [3.63, 3.8) is 0 Å². The first-order chi connectivity index (χ1) is 6.83. The predicted molar refractivity (Wildman–Crippen MR) is 62.6 cm³/mol. The summed E-state index contributed by atoms with van der Waals surface area (Å²) in [6.45, 7) is 10.0. The first kappa shape index (κ1) is 13.7. The molecule has 2 nitrogen and oxygen atoms in total. The Morgan fingerprint density at radius 3 is 2.57 bits per heavy atom. The zero-order chi connectivity index (χ0) is 10.8. The third kappa shape index (κ3) is 6.17. The maximum atomic E-state index is 5.62. The molecule has 0 saturated carbocycles. The molecule has 84 valence electrons. The molecular formula is C12H25NO. The Labute approximate surface area is 88.7 Å². The molecule has 1 rings (SSSR count). The van der Waals surface area contributed by atoms with E-state index in [1.165, 1.54) is 12.8 Å². The smallest absolute Gasteiger partial charge is 0.0704 e. The number of nitrogens with one attached hydrogen (secondary N) is 1.